The van der Waals surface area contributed by atoms with Crippen molar-refractivity contribution in [3.8, 4) is 0 Å². The van der Waals surface area contributed by atoms with Crippen molar-refractivity contribution < 1.29 is 37.1 Å². The van der Waals surface area contributed by atoms with Crippen molar-refractivity contribution in [2.24, 2.45) is 0 Å². The fraction of sp³-hybridized carbons (Fsp3) is 0.500. The minimum atomic E-state index is 0. The van der Waals surface area contributed by atoms with E-state index in [4.69, 9.17) is 4.42 Å². The van der Waals surface area contributed by atoms with Crippen LogP contribution in [-0.4, -0.2) is 13.6 Å². The Kier molecular flexibility index (Phi) is 13.1. The molecule has 0 saturated carbocycles. The van der Waals surface area contributed by atoms with Gasteiger partial charge in [-0.05, 0) is 6.26 Å². The topological polar surface area (TPSA) is 27.2 Å². The van der Waals surface area contributed by atoms with Crippen molar-refractivity contribution in [1.29, 1.82) is 0 Å². The van der Waals surface area contributed by atoms with Gasteiger partial charge < -0.3 is 9.73 Å². The van der Waals surface area contributed by atoms with Crippen LogP contribution in [0.2, 0.25) is 0 Å². The first kappa shape index (κ1) is 13.9. The third kappa shape index (κ3) is 10.3. The maximum atomic E-state index is 4.71. The van der Waals surface area contributed by atoms with Gasteiger partial charge in [0.05, 0.1) is 0 Å². The second kappa shape index (κ2) is 10.3. The quantitative estimate of drug-likeness (QED) is 0.678. The number of hydrogen-bond acceptors (Lipinski definition) is 1. The van der Waals surface area contributed by atoms with Crippen molar-refractivity contribution in [2.75, 3.05) is 13.6 Å². The standard InChI is InChI=1S/C5H5O.C3H8N.Y/c1-5-3-2-4-6-5;1-3-4-2;/h2-3H,1H3;3H2,1-2H3;/q2*-1;. The largest absolute Gasteiger partial charge is 0.665 e. The summed E-state index contributed by atoms with van der Waals surface area (Å²) in [6.45, 7) is 4.84. The Morgan fingerprint density at radius 2 is 2.18 bits per heavy atom. The number of aryl methyl sites for hydroxylation is 1. The van der Waals surface area contributed by atoms with Crippen LogP contribution in [0.15, 0.2) is 16.5 Å². The van der Waals surface area contributed by atoms with Crippen molar-refractivity contribution in [3.63, 3.8) is 0 Å². The number of furan rings is 1. The molecular formula is C8H13NOY-2. The molecule has 0 atom stereocenters. The molecule has 1 heterocycles. The van der Waals surface area contributed by atoms with Crippen LogP contribution in [0, 0.1) is 13.2 Å². The van der Waals surface area contributed by atoms with Crippen molar-refractivity contribution in [2.45, 2.75) is 13.8 Å². The van der Waals surface area contributed by atoms with E-state index in [1.165, 1.54) is 0 Å². The molecule has 1 radical (unpaired) electrons. The summed E-state index contributed by atoms with van der Waals surface area (Å²) in [5, 5.41) is 3.74. The molecule has 0 aromatic carbocycles. The van der Waals surface area contributed by atoms with E-state index in [1.54, 1.807) is 13.1 Å². The van der Waals surface area contributed by atoms with Crippen LogP contribution in [0.1, 0.15) is 12.7 Å². The van der Waals surface area contributed by atoms with E-state index in [0.717, 1.165) is 12.3 Å². The number of hydrogen-bond donors (Lipinski definition) is 0. The monoisotopic (exact) mass is 228 g/mol. The second-order valence-corrected chi connectivity index (χ2v) is 1.80. The van der Waals surface area contributed by atoms with Crippen LogP contribution >= 0.6 is 0 Å². The summed E-state index contributed by atoms with van der Waals surface area (Å²) in [7, 11) is 1.81. The molecule has 0 spiro atoms. The summed E-state index contributed by atoms with van der Waals surface area (Å²) < 4.78 is 4.71. The predicted molar refractivity (Wildman–Crippen MR) is 42.1 cm³/mol. The normalized spacial score (nSPS) is 7.55. The molecule has 3 heteroatoms. The van der Waals surface area contributed by atoms with Gasteiger partial charge in [0.1, 0.15) is 0 Å². The Morgan fingerprint density at radius 1 is 1.64 bits per heavy atom. The maximum absolute atomic E-state index is 4.71. The van der Waals surface area contributed by atoms with Gasteiger partial charge in [0.15, 0.2) is 0 Å². The van der Waals surface area contributed by atoms with Crippen LogP contribution in [-0.2, 0) is 32.7 Å². The van der Waals surface area contributed by atoms with E-state index in [2.05, 4.69) is 11.6 Å². The molecule has 0 aliphatic carbocycles. The average Bonchev–Trinajstić information content (AvgIpc) is 2.40. The fourth-order valence-electron chi connectivity index (χ4n) is 0.312. The van der Waals surface area contributed by atoms with Crippen LogP contribution < -0.4 is 0 Å². The molecule has 61 valence electrons. The second-order valence-electron chi connectivity index (χ2n) is 1.80. The smallest absolute Gasteiger partial charge is 0 e. The number of nitrogens with zero attached hydrogens (tertiary/aromatic N) is 1. The first-order valence-electron chi connectivity index (χ1n) is 3.29. The van der Waals surface area contributed by atoms with E-state index in [1.807, 2.05) is 19.9 Å². The van der Waals surface area contributed by atoms with Gasteiger partial charge >= 0.3 is 0 Å². The van der Waals surface area contributed by atoms with E-state index < -0.39 is 0 Å². The zero-order chi connectivity index (χ0) is 7.82. The SMILES string of the molecule is CC[N-]C.Cc1cc[c-]o1.[Y]. The van der Waals surface area contributed by atoms with E-state index >= 15 is 0 Å². The molecule has 0 amide bonds. The molecule has 2 nitrogen and oxygen atoms in total. The molecule has 0 unspecified atom stereocenters. The molecule has 1 aromatic rings. The summed E-state index contributed by atoms with van der Waals surface area (Å²) in [4.78, 5) is 0. The molecule has 1 rings (SSSR count). The van der Waals surface area contributed by atoms with Crippen LogP contribution in [0.4, 0.5) is 0 Å². The Morgan fingerprint density at radius 3 is 2.27 bits per heavy atom. The van der Waals surface area contributed by atoms with Crippen LogP contribution in [0.5, 0.6) is 0 Å². The van der Waals surface area contributed by atoms with Gasteiger partial charge in [0.2, 0.25) is 0 Å². The van der Waals surface area contributed by atoms with E-state index in [9.17, 15) is 0 Å². The van der Waals surface area contributed by atoms with Crippen molar-refractivity contribution >= 4 is 0 Å². The molecular weight excluding hydrogens is 215 g/mol. The van der Waals surface area contributed by atoms with E-state index in [-0.39, 0.29) is 32.7 Å². The Labute approximate surface area is 93.6 Å². The number of rotatable bonds is 1. The molecule has 0 aliphatic heterocycles. The van der Waals surface area contributed by atoms with Gasteiger partial charge in [0.25, 0.3) is 0 Å². The molecule has 0 fully saturated rings. The third-order valence-corrected chi connectivity index (χ3v) is 0.922. The van der Waals surface area contributed by atoms with Crippen molar-refractivity contribution in [3.05, 3.63) is 29.5 Å². The maximum Gasteiger partial charge on any atom is 0 e. The zero-order valence-electron chi connectivity index (χ0n) is 7.29. The Bertz CT molecular complexity index is 138. The molecule has 0 aliphatic rings. The average molecular weight is 228 g/mol. The molecule has 1 aromatic heterocycles. The molecule has 0 saturated heterocycles. The van der Waals surface area contributed by atoms with E-state index in [0.29, 0.717) is 0 Å². The first-order chi connectivity index (χ1) is 4.81. The Hall–Kier alpha value is 0.344. The minimum absolute atomic E-state index is 0. The van der Waals surface area contributed by atoms with Gasteiger partial charge in [-0.15, -0.1) is 6.07 Å². The third-order valence-electron chi connectivity index (χ3n) is 0.922. The molecule has 11 heavy (non-hydrogen) atoms. The molecule has 0 N–H and O–H groups in total. The van der Waals surface area contributed by atoms with Gasteiger partial charge in [-0.2, -0.15) is 19.7 Å². The van der Waals surface area contributed by atoms with Crippen LogP contribution in [0.3, 0.4) is 0 Å². The Balaban J connectivity index is 0. The predicted octanol–water partition coefficient (Wildman–Crippen LogP) is 2.40. The van der Waals surface area contributed by atoms with Gasteiger partial charge in [-0.25, -0.2) is 0 Å². The van der Waals surface area contributed by atoms with Gasteiger partial charge in [-0.3, -0.25) is 0 Å². The summed E-state index contributed by atoms with van der Waals surface area (Å²) in [5.74, 6) is 0.912. The summed E-state index contributed by atoms with van der Waals surface area (Å²) >= 11 is 0. The summed E-state index contributed by atoms with van der Waals surface area (Å²) in [6, 6.07) is 3.61. The van der Waals surface area contributed by atoms with Gasteiger partial charge in [-0.1, -0.05) is 19.6 Å². The van der Waals surface area contributed by atoms with Gasteiger partial charge in [0, 0.05) is 32.7 Å². The summed E-state index contributed by atoms with van der Waals surface area (Å²) in [6.07, 6.45) is 2.55. The first-order valence-corrected chi connectivity index (χ1v) is 3.29. The van der Waals surface area contributed by atoms with Crippen LogP contribution in [0.25, 0.3) is 5.32 Å². The van der Waals surface area contributed by atoms with Crippen molar-refractivity contribution in [1.82, 2.24) is 0 Å². The fourth-order valence-corrected chi connectivity index (χ4v) is 0.312. The molecule has 0 bridgehead atoms. The minimum Gasteiger partial charge on any atom is -0.665 e. The summed E-state index contributed by atoms with van der Waals surface area (Å²) in [5.41, 5.74) is 0. The zero-order valence-corrected chi connectivity index (χ0v) is 10.1.